The number of hydrogen-bond acceptors (Lipinski definition) is 4. The number of fused-ring (bicyclic) bond motifs is 1. The zero-order valence-corrected chi connectivity index (χ0v) is 16.9. The van der Waals surface area contributed by atoms with Gasteiger partial charge in [0.25, 0.3) is 5.91 Å². The van der Waals surface area contributed by atoms with Gasteiger partial charge in [0.05, 0.1) is 17.3 Å². The SMILES string of the molecule is O=C(NCc1cccc(N2CCCC2=O)c1)c1cc(-c2ccco2)nc2ccccc12. The number of pyridine rings is 1. The van der Waals surface area contributed by atoms with E-state index in [1.165, 1.54) is 0 Å². The maximum absolute atomic E-state index is 13.1. The molecular weight excluding hydrogens is 390 g/mol. The normalized spacial score (nSPS) is 13.7. The summed E-state index contributed by atoms with van der Waals surface area (Å²) >= 11 is 0. The predicted octanol–water partition coefficient (Wildman–Crippen LogP) is 4.55. The fourth-order valence-corrected chi connectivity index (χ4v) is 3.95. The van der Waals surface area contributed by atoms with Crippen molar-refractivity contribution in [2.45, 2.75) is 19.4 Å². The highest BCUT2D eigenvalue weighted by Crippen LogP contribution is 2.26. The summed E-state index contributed by atoms with van der Waals surface area (Å²) < 4.78 is 5.48. The molecule has 1 aliphatic rings. The molecule has 0 bridgehead atoms. The largest absolute Gasteiger partial charge is 0.463 e. The van der Waals surface area contributed by atoms with Crippen molar-refractivity contribution in [1.82, 2.24) is 10.3 Å². The summed E-state index contributed by atoms with van der Waals surface area (Å²) in [5, 5.41) is 3.79. The molecule has 1 aliphatic heterocycles. The number of anilines is 1. The molecule has 0 atom stereocenters. The molecule has 2 aromatic heterocycles. The van der Waals surface area contributed by atoms with Gasteiger partial charge in [-0.05, 0) is 48.4 Å². The molecule has 154 valence electrons. The molecule has 0 unspecified atom stereocenters. The summed E-state index contributed by atoms with van der Waals surface area (Å²) in [6.45, 7) is 1.11. The molecule has 5 rings (SSSR count). The predicted molar refractivity (Wildman–Crippen MR) is 119 cm³/mol. The van der Waals surface area contributed by atoms with Crippen LogP contribution in [0.1, 0.15) is 28.8 Å². The topological polar surface area (TPSA) is 75.4 Å². The van der Waals surface area contributed by atoms with Gasteiger partial charge in [0, 0.05) is 30.6 Å². The molecule has 3 heterocycles. The number of rotatable bonds is 5. The van der Waals surface area contributed by atoms with E-state index in [4.69, 9.17) is 4.42 Å². The minimum atomic E-state index is -0.186. The summed E-state index contributed by atoms with van der Waals surface area (Å²) in [5.41, 5.74) is 3.71. The maximum Gasteiger partial charge on any atom is 0.252 e. The van der Waals surface area contributed by atoms with Gasteiger partial charge >= 0.3 is 0 Å². The second-order valence-corrected chi connectivity index (χ2v) is 7.55. The van der Waals surface area contributed by atoms with E-state index < -0.39 is 0 Å². The van der Waals surface area contributed by atoms with Gasteiger partial charge in [0.1, 0.15) is 5.69 Å². The standard InChI is InChI=1S/C25H21N3O3/c29-24-11-4-12-28(24)18-7-3-6-17(14-18)16-26-25(30)20-15-22(23-10-5-13-31-23)27-21-9-2-1-8-19(20)21/h1-3,5-10,13-15H,4,11-12,16H2,(H,26,30). The highest BCUT2D eigenvalue weighted by atomic mass is 16.3. The van der Waals surface area contributed by atoms with Crippen LogP contribution in [0.5, 0.6) is 0 Å². The molecule has 0 spiro atoms. The van der Waals surface area contributed by atoms with Gasteiger partial charge in [0.15, 0.2) is 5.76 Å². The van der Waals surface area contributed by atoms with Crippen LogP contribution in [0.25, 0.3) is 22.4 Å². The quantitative estimate of drug-likeness (QED) is 0.523. The molecule has 0 radical (unpaired) electrons. The number of nitrogens with zero attached hydrogens (tertiary/aromatic N) is 2. The average molecular weight is 411 g/mol. The Morgan fingerprint density at radius 3 is 2.77 bits per heavy atom. The first kappa shape index (κ1) is 19.1. The first-order valence-electron chi connectivity index (χ1n) is 10.3. The van der Waals surface area contributed by atoms with Crippen LogP contribution in [0, 0.1) is 0 Å². The van der Waals surface area contributed by atoms with E-state index in [1.54, 1.807) is 23.3 Å². The van der Waals surface area contributed by atoms with Crippen LogP contribution < -0.4 is 10.2 Å². The molecule has 1 saturated heterocycles. The van der Waals surface area contributed by atoms with Crippen molar-refractivity contribution in [2.24, 2.45) is 0 Å². The van der Waals surface area contributed by atoms with Crippen LogP contribution in [-0.2, 0) is 11.3 Å². The number of benzene rings is 2. The van der Waals surface area contributed by atoms with Crippen LogP contribution in [0.4, 0.5) is 5.69 Å². The Bertz CT molecular complexity index is 1260. The third-order valence-corrected chi connectivity index (χ3v) is 5.48. The van der Waals surface area contributed by atoms with Crippen molar-refractivity contribution in [2.75, 3.05) is 11.4 Å². The monoisotopic (exact) mass is 411 g/mol. The van der Waals surface area contributed by atoms with E-state index in [2.05, 4.69) is 10.3 Å². The molecule has 2 amide bonds. The summed E-state index contributed by atoms with van der Waals surface area (Å²) in [6.07, 6.45) is 3.06. The molecule has 1 N–H and O–H groups in total. The number of nitrogens with one attached hydrogen (secondary N) is 1. The lowest BCUT2D eigenvalue weighted by molar-refractivity contribution is -0.117. The minimum Gasteiger partial charge on any atom is -0.463 e. The van der Waals surface area contributed by atoms with Gasteiger partial charge < -0.3 is 14.6 Å². The second-order valence-electron chi connectivity index (χ2n) is 7.55. The van der Waals surface area contributed by atoms with E-state index in [9.17, 15) is 9.59 Å². The Morgan fingerprint density at radius 2 is 1.97 bits per heavy atom. The van der Waals surface area contributed by atoms with Crippen LogP contribution >= 0.6 is 0 Å². The molecule has 0 aliphatic carbocycles. The van der Waals surface area contributed by atoms with E-state index in [-0.39, 0.29) is 11.8 Å². The van der Waals surface area contributed by atoms with E-state index in [1.807, 2.05) is 54.6 Å². The zero-order chi connectivity index (χ0) is 21.2. The first-order valence-corrected chi connectivity index (χ1v) is 10.3. The van der Waals surface area contributed by atoms with Crippen LogP contribution in [0.2, 0.25) is 0 Å². The Morgan fingerprint density at radius 1 is 1.06 bits per heavy atom. The van der Waals surface area contributed by atoms with Crippen LogP contribution in [0.3, 0.4) is 0 Å². The number of carbonyl (C=O) groups excluding carboxylic acids is 2. The highest BCUT2D eigenvalue weighted by Gasteiger charge is 2.21. The molecule has 4 aromatic rings. The minimum absolute atomic E-state index is 0.148. The third-order valence-electron chi connectivity index (χ3n) is 5.48. The molecule has 6 heteroatoms. The third kappa shape index (κ3) is 3.80. The van der Waals surface area contributed by atoms with Gasteiger partial charge in [-0.25, -0.2) is 4.98 Å². The van der Waals surface area contributed by atoms with Gasteiger partial charge in [0.2, 0.25) is 5.91 Å². The fourth-order valence-electron chi connectivity index (χ4n) is 3.95. The Balaban J connectivity index is 1.40. The number of para-hydroxylation sites is 1. The lowest BCUT2D eigenvalue weighted by Crippen LogP contribution is -2.25. The number of aromatic nitrogens is 1. The molecule has 31 heavy (non-hydrogen) atoms. The van der Waals surface area contributed by atoms with E-state index in [0.717, 1.165) is 35.1 Å². The van der Waals surface area contributed by atoms with Crippen molar-refractivity contribution in [3.8, 4) is 11.5 Å². The smallest absolute Gasteiger partial charge is 0.252 e. The van der Waals surface area contributed by atoms with Gasteiger partial charge in [-0.3, -0.25) is 9.59 Å². The van der Waals surface area contributed by atoms with E-state index >= 15 is 0 Å². The van der Waals surface area contributed by atoms with Gasteiger partial charge in [-0.1, -0.05) is 30.3 Å². The Labute approximate surface area is 179 Å². The van der Waals surface area contributed by atoms with Crippen molar-refractivity contribution in [3.05, 3.63) is 84.1 Å². The molecule has 2 aromatic carbocycles. The maximum atomic E-state index is 13.1. The van der Waals surface area contributed by atoms with Gasteiger partial charge in [-0.15, -0.1) is 0 Å². The number of furan rings is 1. The number of hydrogen-bond donors (Lipinski definition) is 1. The lowest BCUT2D eigenvalue weighted by atomic mass is 10.1. The Hall–Kier alpha value is -3.93. The van der Waals surface area contributed by atoms with Gasteiger partial charge in [-0.2, -0.15) is 0 Å². The van der Waals surface area contributed by atoms with E-state index in [0.29, 0.717) is 30.0 Å². The summed E-state index contributed by atoms with van der Waals surface area (Å²) in [4.78, 5) is 31.6. The summed E-state index contributed by atoms with van der Waals surface area (Å²) in [6, 6.07) is 20.7. The lowest BCUT2D eigenvalue weighted by Gasteiger charge is -2.17. The number of carbonyl (C=O) groups is 2. The number of amides is 2. The molecule has 0 saturated carbocycles. The van der Waals surface area contributed by atoms with Crippen molar-refractivity contribution in [1.29, 1.82) is 0 Å². The van der Waals surface area contributed by atoms with Crippen LogP contribution in [0.15, 0.2) is 77.4 Å². The van der Waals surface area contributed by atoms with Crippen molar-refractivity contribution < 1.29 is 14.0 Å². The van der Waals surface area contributed by atoms with Crippen LogP contribution in [-0.4, -0.2) is 23.3 Å². The summed E-state index contributed by atoms with van der Waals surface area (Å²) in [5.74, 6) is 0.576. The van der Waals surface area contributed by atoms with Crippen molar-refractivity contribution in [3.63, 3.8) is 0 Å². The molecular formula is C25H21N3O3. The Kier molecular flexibility index (Phi) is 4.96. The first-order chi connectivity index (χ1) is 15.2. The van der Waals surface area contributed by atoms with Crippen molar-refractivity contribution >= 4 is 28.4 Å². The second kappa shape index (κ2) is 8.07. The summed E-state index contributed by atoms with van der Waals surface area (Å²) in [7, 11) is 0. The molecule has 1 fully saturated rings. The highest BCUT2D eigenvalue weighted by molar-refractivity contribution is 6.07. The fraction of sp³-hybridized carbons (Fsp3) is 0.160. The molecule has 6 nitrogen and oxygen atoms in total. The average Bonchev–Trinajstić information content (AvgIpc) is 3.49. The zero-order valence-electron chi connectivity index (χ0n) is 16.9.